The highest BCUT2D eigenvalue weighted by atomic mass is 16.6. The first-order valence-electron chi connectivity index (χ1n) is 9.53. The molecular formula is C22H31NO4. The monoisotopic (exact) mass is 373 g/mol. The maximum absolute atomic E-state index is 12.2. The number of carbonyl (C=O) groups is 2. The van der Waals surface area contributed by atoms with Crippen molar-refractivity contribution in [3.8, 4) is 0 Å². The molecular weight excluding hydrogens is 342 g/mol. The molecule has 0 bridgehead atoms. The van der Waals surface area contributed by atoms with Crippen molar-refractivity contribution < 1.29 is 19.1 Å². The van der Waals surface area contributed by atoms with E-state index in [1.54, 1.807) is 6.08 Å². The van der Waals surface area contributed by atoms with Crippen LogP contribution in [-0.4, -0.2) is 42.8 Å². The third-order valence-electron chi connectivity index (χ3n) is 4.97. The van der Waals surface area contributed by atoms with Crippen LogP contribution < -0.4 is 0 Å². The summed E-state index contributed by atoms with van der Waals surface area (Å²) in [5.74, 6) is 0.605. The first kappa shape index (κ1) is 21.0. The Morgan fingerprint density at radius 3 is 2.26 bits per heavy atom. The molecule has 1 atom stereocenters. The average Bonchev–Trinajstić information content (AvgIpc) is 2.64. The fourth-order valence-electron chi connectivity index (χ4n) is 3.32. The predicted octanol–water partition coefficient (Wildman–Crippen LogP) is 4.62. The van der Waals surface area contributed by atoms with Gasteiger partial charge in [0.05, 0.1) is 7.11 Å². The van der Waals surface area contributed by atoms with Crippen molar-refractivity contribution in [1.29, 1.82) is 0 Å². The number of nitrogens with zero attached hydrogens (tertiary/aromatic N) is 1. The zero-order valence-corrected chi connectivity index (χ0v) is 17.0. The van der Waals surface area contributed by atoms with E-state index >= 15 is 0 Å². The molecule has 1 aromatic rings. The van der Waals surface area contributed by atoms with E-state index in [4.69, 9.17) is 4.74 Å². The van der Waals surface area contributed by atoms with Crippen molar-refractivity contribution in [3.05, 3.63) is 41.5 Å². The SMILES string of the molecule is COC(=O)C=Cc1ccc(C(C)C2CCN(C(=O)OC(C)(C)C)CC2)cc1. The fourth-order valence-corrected chi connectivity index (χ4v) is 3.32. The Hall–Kier alpha value is -2.30. The number of esters is 1. The van der Waals surface area contributed by atoms with Gasteiger partial charge in [0.25, 0.3) is 0 Å². The minimum atomic E-state index is -0.453. The van der Waals surface area contributed by atoms with Crippen LogP contribution in [0.4, 0.5) is 4.79 Å². The second-order valence-electron chi connectivity index (χ2n) is 8.12. The maximum atomic E-state index is 12.2. The number of hydrogen-bond acceptors (Lipinski definition) is 4. The van der Waals surface area contributed by atoms with E-state index in [1.807, 2.05) is 37.8 Å². The number of methoxy groups -OCH3 is 1. The Labute approximate surface area is 162 Å². The molecule has 5 nitrogen and oxygen atoms in total. The molecule has 0 aromatic heterocycles. The van der Waals surface area contributed by atoms with E-state index < -0.39 is 5.60 Å². The number of benzene rings is 1. The van der Waals surface area contributed by atoms with Gasteiger partial charge in [0.2, 0.25) is 0 Å². The molecule has 1 heterocycles. The summed E-state index contributed by atoms with van der Waals surface area (Å²) in [5, 5.41) is 0. The van der Waals surface area contributed by atoms with Gasteiger partial charge in [-0.25, -0.2) is 9.59 Å². The van der Waals surface area contributed by atoms with Gasteiger partial charge in [-0.2, -0.15) is 0 Å². The molecule has 0 radical (unpaired) electrons. The van der Waals surface area contributed by atoms with Gasteiger partial charge in [-0.05, 0) is 62.7 Å². The van der Waals surface area contributed by atoms with Crippen LogP contribution in [0.25, 0.3) is 6.08 Å². The Morgan fingerprint density at radius 1 is 1.15 bits per heavy atom. The van der Waals surface area contributed by atoms with Crippen LogP contribution in [0.2, 0.25) is 0 Å². The van der Waals surface area contributed by atoms with Gasteiger partial charge in [0, 0.05) is 19.2 Å². The second kappa shape index (κ2) is 9.07. The minimum Gasteiger partial charge on any atom is -0.466 e. The van der Waals surface area contributed by atoms with Crippen molar-refractivity contribution in [2.45, 2.75) is 52.1 Å². The number of hydrogen-bond donors (Lipinski definition) is 0. The summed E-state index contributed by atoms with van der Waals surface area (Å²) < 4.78 is 10.1. The Kier molecular flexibility index (Phi) is 7.05. The normalized spacial score (nSPS) is 17.0. The lowest BCUT2D eigenvalue weighted by atomic mass is 9.81. The lowest BCUT2D eigenvalue weighted by Gasteiger charge is -2.36. The van der Waals surface area contributed by atoms with Gasteiger partial charge in [-0.15, -0.1) is 0 Å². The Morgan fingerprint density at radius 2 is 1.74 bits per heavy atom. The van der Waals surface area contributed by atoms with E-state index in [-0.39, 0.29) is 12.1 Å². The molecule has 1 aromatic carbocycles. The summed E-state index contributed by atoms with van der Waals surface area (Å²) in [6, 6.07) is 8.26. The molecule has 0 saturated carbocycles. The number of amides is 1. The molecule has 0 spiro atoms. The number of carbonyl (C=O) groups excluding carboxylic acids is 2. The summed E-state index contributed by atoms with van der Waals surface area (Å²) in [6.45, 7) is 9.40. The molecule has 5 heteroatoms. The van der Waals surface area contributed by atoms with Crippen molar-refractivity contribution in [2.24, 2.45) is 5.92 Å². The first-order valence-corrected chi connectivity index (χ1v) is 9.53. The van der Waals surface area contributed by atoms with E-state index in [9.17, 15) is 9.59 Å². The standard InChI is InChI=1S/C22H31NO4/c1-16(18-9-6-17(7-10-18)8-11-20(24)26-5)19-12-14-23(15-13-19)21(25)27-22(2,3)4/h6-11,16,19H,12-15H2,1-5H3. The highest BCUT2D eigenvalue weighted by Crippen LogP contribution is 2.33. The van der Waals surface area contributed by atoms with Crippen LogP contribution in [0, 0.1) is 5.92 Å². The quantitative estimate of drug-likeness (QED) is 0.571. The van der Waals surface area contributed by atoms with E-state index in [0.717, 1.165) is 31.5 Å². The van der Waals surface area contributed by atoms with Gasteiger partial charge >= 0.3 is 12.1 Å². The molecule has 0 aliphatic carbocycles. The molecule has 0 N–H and O–H groups in total. The van der Waals surface area contributed by atoms with Crippen LogP contribution in [-0.2, 0) is 14.3 Å². The molecule has 1 fully saturated rings. The Bertz CT molecular complexity index is 665. The Balaban J connectivity index is 1.90. The van der Waals surface area contributed by atoms with Gasteiger partial charge in [-0.3, -0.25) is 0 Å². The maximum Gasteiger partial charge on any atom is 0.410 e. The van der Waals surface area contributed by atoms with Crippen LogP contribution in [0.15, 0.2) is 30.3 Å². The highest BCUT2D eigenvalue weighted by molar-refractivity contribution is 5.86. The number of ether oxygens (including phenoxy) is 2. The van der Waals surface area contributed by atoms with E-state index in [1.165, 1.54) is 18.7 Å². The topological polar surface area (TPSA) is 55.8 Å². The number of piperidine rings is 1. The van der Waals surface area contributed by atoms with E-state index in [0.29, 0.717) is 11.8 Å². The lowest BCUT2D eigenvalue weighted by molar-refractivity contribution is -0.134. The predicted molar refractivity (Wildman–Crippen MR) is 106 cm³/mol. The number of likely N-dealkylation sites (tertiary alicyclic amines) is 1. The molecule has 1 saturated heterocycles. The molecule has 2 rings (SSSR count). The van der Waals surface area contributed by atoms with Gasteiger partial charge in [-0.1, -0.05) is 31.2 Å². The fraction of sp³-hybridized carbons (Fsp3) is 0.545. The summed E-state index contributed by atoms with van der Waals surface area (Å²) >= 11 is 0. The second-order valence-corrected chi connectivity index (χ2v) is 8.12. The molecule has 1 unspecified atom stereocenters. The zero-order chi connectivity index (χ0) is 20.0. The third kappa shape index (κ3) is 6.42. The van der Waals surface area contributed by atoms with Crippen LogP contribution in [0.5, 0.6) is 0 Å². The summed E-state index contributed by atoms with van der Waals surface area (Å²) in [7, 11) is 1.37. The average molecular weight is 373 g/mol. The van der Waals surface area contributed by atoms with Crippen molar-refractivity contribution >= 4 is 18.1 Å². The molecule has 1 amide bonds. The van der Waals surface area contributed by atoms with Gasteiger partial charge in [0.15, 0.2) is 0 Å². The smallest absolute Gasteiger partial charge is 0.410 e. The first-order chi connectivity index (χ1) is 12.7. The van der Waals surface area contributed by atoms with Crippen molar-refractivity contribution in [1.82, 2.24) is 4.90 Å². The summed E-state index contributed by atoms with van der Waals surface area (Å²) in [5.41, 5.74) is 1.79. The summed E-state index contributed by atoms with van der Waals surface area (Å²) in [4.78, 5) is 25.2. The molecule has 148 valence electrons. The van der Waals surface area contributed by atoms with Crippen molar-refractivity contribution in [3.63, 3.8) is 0 Å². The van der Waals surface area contributed by atoms with Crippen molar-refractivity contribution in [2.75, 3.05) is 20.2 Å². The largest absolute Gasteiger partial charge is 0.466 e. The molecule has 1 aliphatic heterocycles. The van der Waals surface area contributed by atoms with Crippen LogP contribution in [0.3, 0.4) is 0 Å². The lowest BCUT2D eigenvalue weighted by Crippen LogP contribution is -2.42. The summed E-state index contributed by atoms with van der Waals surface area (Å²) in [6.07, 6.45) is 4.91. The molecule has 1 aliphatic rings. The van der Waals surface area contributed by atoms with Gasteiger partial charge in [0.1, 0.15) is 5.60 Å². The van der Waals surface area contributed by atoms with Gasteiger partial charge < -0.3 is 14.4 Å². The zero-order valence-electron chi connectivity index (χ0n) is 17.0. The highest BCUT2D eigenvalue weighted by Gasteiger charge is 2.29. The third-order valence-corrected chi connectivity index (χ3v) is 4.97. The number of rotatable bonds is 4. The minimum absolute atomic E-state index is 0.213. The van der Waals surface area contributed by atoms with E-state index in [2.05, 4.69) is 23.8 Å². The molecule has 27 heavy (non-hydrogen) atoms. The van der Waals surface area contributed by atoms with Crippen LogP contribution in [0.1, 0.15) is 57.6 Å². The van der Waals surface area contributed by atoms with Crippen LogP contribution >= 0.6 is 0 Å².